The first-order valence-corrected chi connectivity index (χ1v) is 7.92. The second-order valence-electron chi connectivity index (χ2n) is 6.11. The van der Waals surface area contributed by atoms with Crippen molar-refractivity contribution in [1.82, 2.24) is 9.80 Å². The van der Waals surface area contributed by atoms with Gasteiger partial charge in [0.15, 0.2) is 0 Å². The zero-order valence-electron chi connectivity index (χ0n) is 13.0. The van der Waals surface area contributed by atoms with Crippen LogP contribution in [0.2, 0.25) is 0 Å². The monoisotopic (exact) mass is 275 g/mol. The van der Waals surface area contributed by atoms with Crippen molar-refractivity contribution in [2.45, 2.75) is 45.3 Å². The topological polar surface area (TPSA) is 32.5 Å². The Morgan fingerprint density at radius 3 is 2.40 bits per heavy atom. The molecule has 2 N–H and O–H groups in total. The largest absolute Gasteiger partial charge is 0.329 e. The fourth-order valence-electron chi connectivity index (χ4n) is 3.18. The van der Waals surface area contributed by atoms with Crippen LogP contribution in [0.15, 0.2) is 30.3 Å². The van der Waals surface area contributed by atoms with Gasteiger partial charge in [0.2, 0.25) is 0 Å². The lowest BCUT2D eigenvalue weighted by atomic mass is 10.0. The van der Waals surface area contributed by atoms with Crippen molar-refractivity contribution in [1.29, 1.82) is 0 Å². The van der Waals surface area contributed by atoms with Crippen LogP contribution in [0, 0.1) is 0 Å². The number of hydrogen-bond acceptors (Lipinski definition) is 3. The van der Waals surface area contributed by atoms with Crippen molar-refractivity contribution in [3.05, 3.63) is 35.9 Å². The minimum Gasteiger partial charge on any atom is -0.329 e. The summed E-state index contributed by atoms with van der Waals surface area (Å²) in [5.41, 5.74) is 7.07. The normalized spacial score (nSPS) is 18.1. The Kier molecular flexibility index (Phi) is 6.02. The van der Waals surface area contributed by atoms with E-state index in [9.17, 15) is 0 Å². The Morgan fingerprint density at radius 2 is 1.85 bits per heavy atom. The molecule has 2 rings (SSSR count). The van der Waals surface area contributed by atoms with Gasteiger partial charge >= 0.3 is 0 Å². The Balaban J connectivity index is 1.93. The van der Waals surface area contributed by atoms with E-state index in [4.69, 9.17) is 5.73 Å². The lowest BCUT2D eigenvalue weighted by Gasteiger charge is -2.40. The second-order valence-corrected chi connectivity index (χ2v) is 6.11. The van der Waals surface area contributed by atoms with Gasteiger partial charge in [0.1, 0.15) is 0 Å². The van der Waals surface area contributed by atoms with E-state index in [1.165, 1.54) is 31.5 Å². The van der Waals surface area contributed by atoms with Gasteiger partial charge in [-0.3, -0.25) is 4.90 Å². The molecule has 0 atom stereocenters. The van der Waals surface area contributed by atoms with E-state index in [0.717, 1.165) is 19.6 Å². The van der Waals surface area contributed by atoms with Crippen LogP contribution < -0.4 is 5.73 Å². The third kappa shape index (κ3) is 4.30. The van der Waals surface area contributed by atoms with Crippen LogP contribution >= 0.6 is 0 Å². The molecule has 1 heterocycles. The van der Waals surface area contributed by atoms with Crippen molar-refractivity contribution in [2.24, 2.45) is 5.73 Å². The summed E-state index contributed by atoms with van der Waals surface area (Å²) in [6.07, 6.45) is 2.54. The van der Waals surface area contributed by atoms with E-state index in [1.807, 2.05) is 0 Å². The summed E-state index contributed by atoms with van der Waals surface area (Å²) < 4.78 is 0. The zero-order valence-corrected chi connectivity index (χ0v) is 13.0. The van der Waals surface area contributed by atoms with Crippen molar-refractivity contribution in [3.8, 4) is 0 Å². The number of piperidine rings is 1. The van der Waals surface area contributed by atoms with Crippen LogP contribution in [0.25, 0.3) is 0 Å². The summed E-state index contributed by atoms with van der Waals surface area (Å²) in [4.78, 5) is 5.16. The predicted octanol–water partition coefficient (Wildman–Crippen LogP) is 2.32. The highest BCUT2D eigenvalue weighted by Crippen LogP contribution is 2.21. The van der Waals surface area contributed by atoms with E-state index in [0.29, 0.717) is 12.1 Å². The molecule has 0 unspecified atom stereocenters. The highest BCUT2D eigenvalue weighted by molar-refractivity contribution is 5.14. The molecule has 1 aliphatic rings. The molecule has 1 aromatic rings. The summed E-state index contributed by atoms with van der Waals surface area (Å²) in [5.74, 6) is 0. The van der Waals surface area contributed by atoms with E-state index < -0.39 is 0 Å². The molecule has 0 aliphatic carbocycles. The maximum Gasteiger partial charge on any atom is 0.0239 e. The molecule has 1 fully saturated rings. The van der Waals surface area contributed by atoms with E-state index >= 15 is 0 Å². The third-order valence-electron chi connectivity index (χ3n) is 4.34. The number of nitrogens with two attached hydrogens (primary N) is 1. The predicted molar refractivity (Wildman–Crippen MR) is 85.6 cm³/mol. The highest BCUT2D eigenvalue weighted by atomic mass is 15.2. The van der Waals surface area contributed by atoms with Gasteiger partial charge in [0.05, 0.1) is 0 Å². The SMILES string of the molecule is CC(C)N(Cc1ccccc1)C1CCN(CCN)CC1. The standard InChI is InChI=1S/C17H29N3/c1-15(2)20(14-16-6-4-3-5-7-16)17-8-11-19(12-9-17)13-10-18/h3-7,15,17H,8-14,18H2,1-2H3. The summed E-state index contributed by atoms with van der Waals surface area (Å²) in [6.45, 7) is 9.92. The molecule has 3 heteroatoms. The van der Waals surface area contributed by atoms with Crippen LogP contribution in [0.4, 0.5) is 0 Å². The van der Waals surface area contributed by atoms with Crippen LogP contribution in [0.3, 0.4) is 0 Å². The average molecular weight is 275 g/mol. The molecular formula is C17H29N3. The number of nitrogens with zero attached hydrogens (tertiary/aromatic N) is 2. The molecule has 0 amide bonds. The summed E-state index contributed by atoms with van der Waals surface area (Å²) in [5, 5.41) is 0. The van der Waals surface area contributed by atoms with E-state index in [1.54, 1.807) is 0 Å². The quantitative estimate of drug-likeness (QED) is 0.865. The molecule has 0 aromatic heterocycles. The Labute approximate surface area is 123 Å². The fourth-order valence-corrected chi connectivity index (χ4v) is 3.18. The number of hydrogen-bond donors (Lipinski definition) is 1. The molecule has 0 bridgehead atoms. The molecule has 1 saturated heterocycles. The number of benzene rings is 1. The fraction of sp³-hybridized carbons (Fsp3) is 0.647. The number of rotatable bonds is 6. The van der Waals surface area contributed by atoms with E-state index in [-0.39, 0.29) is 0 Å². The summed E-state index contributed by atoms with van der Waals surface area (Å²) in [7, 11) is 0. The zero-order chi connectivity index (χ0) is 14.4. The molecule has 3 nitrogen and oxygen atoms in total. The van der Waals surface area contributed by atoms with Crippen LogP contribution in [-0.2, 0) is 6.54 Å². The Bertz CT molecular complexity index is 369. The van der Waals surface area contributed by atoms with Crippen molar-refractivity contribution < 1.29 is 0 Å². The maximum absolute atomic E-state index is 5.65. The Hall–Kier alpha value is -0.900. The summed E-state index contributed by atoms with van der Waals surface area (Å²) in [6, 6.07) is 12.1. The molecule has 112 valence electrons. The van der Waals surface area contributed by atoms with Gasteiger partial charge in [-0.05, 0) is 45.3 Å². The third-order valence-corrected chi connectivity index (χ3v) is 4.34. The van der Waals surface area contributed by atoms with Crippen LogP contribution in [0.1, 0.15) is 32.3 Å². The van der Waals surface area contributed by atoms with Crippen LogP contribution in [-0.4, -0.2) is 48.1 Å². The molecule has 0 spiro atoms. The first kappa shape index (κ1) is 15.5. The molecular weight excluding hydrogens is 246 g/mol. The lowest BCUT2D eigenvalue weighted by Crippen LogP contribution is -2.48. The molecule has 1 aliphatic heterocycles. The minimum absolute atomic E-state index is 0.598. The molecule has 0 saturated carbocycles. The van der Waals surface area contributed by atoms with Crippen molar-refractivity contribution >= 4 is 0 Å². The smallest absolute Gasteiger partial charge is 0.0239 e. The second kappa shape index (κ2) is 7.77. The first-order chi connectivity index (χ1) is 9.70. The molecule has 0 radical (unpaired) electrons. The Morgan fingerprint density at radius 1 is 1.20 bits per heavy atom. The van der Waals surface area contributed by atoms with Crippen molar-refractivity contribution in [2.75, 3.05) is 26.2 Å². The van der Waals surface area contributed by atoms with Gasteiger partial charge < -0.3 is 10.6 Å². The maximum atomic E-state index is 5.65. The molecule has 1 aromatic carbocycles. The lowest BCUT2D eigenvalue weighted by molar-refractivity contribution is 0.0795. The van der Waals surface area contributed by atoms with Gasteiger partial charge in [0.25, 0.3) is 0 Å². The van der Waals surface area contributed by atoms with Crippen LogP contribution in [0.5, 0.6) is 0 Å². The van der Waals surface area contributed by atoms with Gasteiger partial charge in [-0.15, -0.1) is 0 Å². The first-order valence-electron chi connectivity index (χ1n) is 7.92. The van der Waals surface area contributed by atoms with E-state index in [2.05, 4.69) is 54.0 Å². The van der Waals surface area contributed by atoms with Gasteiger partial charge in [-0.1, -0.05) is 30.3 Å². The van der Waals surface area contributed by atoms with Gasteiger partial charge in [0, 0.05) is 31.7 Å². The minimum atomic E-state index is 0.598. The molecule has 20 heavy (non-hydrogen) atoms. The summed E-state index contributed by atoms with van der Waals surface area (Å²) >= 11 is 0. The van der Waals surface area contributed by atoms with Gasteiger partial charge in [-0.25, -0.2) is 0 Å². The van der Waals surface area contributed by atoms with Crippen molar-refractivity contribution in [3.63, 3.8) is 0 Å². The van der Waals surface area contributed by atoms with Gasteiger partial charge in [-0.2, -0.15) is 0 Å². The number of likely N-dealkylation sites (tertiary alicyclic amines) is 1. The average Bonchev–Trinajstić information content (AvgIpc) is 2.47. The highest BCUT2D eigenvalue weighted by Gasteiger charge is 2.25.